The highest BCUT2D eigenvalue weighted by Crippen LogP contribution is 2.33. The lowest BCUT2D eigenvalue weighted by molar-refractivity contribution is -0.137. The first-order chi connectivity index (χ1) is 16.2. The maximum Gasteiger partial charge on any atom is 0.418 e. The van der Waals surface area contributed by atoms with Crippen LogP contribution >= 0.6 is 0 Å². The first-order valence-electron chi connectivity index (χ1n) is 9.86. The molecule has 1 N–H and O–H groups in total. The Bertz CT molecular complexity index is 1390. The summed E-state index contributed by atoms with van der Waals surface area (Å²) in [5.41, 5.74) is -2.07. The Labute approximate surface area is 190 Å². The third-order valence-corrected chi connectivity index (χ3v) is 4.62. The lowest BCUT2D eigenvalue weighted by Crippen LogP contribution is -2.27. The fraction of sp³-hybridized carbons (Fsp3) is 0.0870. The van der Waals surface area contributed by atoms with Gasteiger partial charge in [-0.05, 0) is 49.4 Å². The molecule has 0 aliphatic carbocycles. The third-order valence-electron chi connectivity index (χ3n) is 4.62. The van der Waals surface area contributed by atoms with Crippen molar-refractivity contribution in [2.24, 2.45) is 0 Å². The molecular formula is C23H16F3N5O3. The summed E-state index contributed by atoms with van der Waals surface area (Å²) in [5, 5.41) is 6.45. The smallest absolute Gasteiger partial charge is 0.418 e. The zero-order chi connectivity index (χ0) is 24.3. The third kappa shape index (κ3) is 4.93. The summed E-state index contributed by atoms with van der Waals surface area (Å²) in [4.78, 5) is 33.0. The van der Waals surface area contributed by atoms with Gasteiger partial charge < -0.3 is 10.1 Å². The van der Waals surface area contributed by atoms with Crippen molar-refractivity contribution in [2.75, 3.05) is 5.32 Å². The highest BCUT2D eigenvalue weighted by Gasteiger charge is 2.34. The van der Waals surface area contributed by atoms with Crippen LogP contribution in [0.5, 0.6) is 11.8 Å². The number of halogens is 3. The highest BCUT2D eigenvalue weighted by atomic mass is 19.4. The fourth-order valence-corrected chi connectivity index (χ4v) is 3.09. The maximum atomic E-state index is 13.5. The van der Waals surface area contributed by atoms with E-state index >= 15 is 0 Å². The summed E-state index contributed by atoms with van der Waals surface area (Å²) in [6, 6.07) is 13.7. The van der Waals surface area contributed by atoms with Gasteiger partial charge in [0.1, 0.15) is 5.75 Å². The molecule has 0 atom stereocenters. The van der Waals surface area contributed by atoms with E-state index in [0.29, 0.717) is 11.4 Å². The van der Waals surface area contributed by atoms with Crippen LogP contribution in [0.2, 0.25) is 0 Å². The lowest BCUT2D eigenvalue weighted by Gasteiger charge is -2.16. The van der Waals surface area contributed by atoms with Gasteiger partial charge in [-0.3, -0.25) is 9.59 Å². The first kappa shape index (κ1) is 22.6. The van der Waals surface area contributed by atoms with Gasteiger partial charge in [0.25, 0.3) is 5.91 Å². The second kappa shape index (κ2) is 9.14. The molecule has 1 amide bonds. The molecule has 2 heterocycles. The van der Waals surface area contributed by atoms with Crippen molar-refractivity contribution in [3.05, 3.63) is 100 Å². The summed E-state index contributed by atoms with van der Waals surface area (Å²) < 4.78 is 46.8. The van der Waals surface area contributed by atoms with Gasteiger partial charge in [-0.25, -0.2) is 14.6 Å². The average molecular weight is 467 g/mol. The lowest BCUT2D eigenvalue weighted by atomic mass is 10.1. The number of ether oxygens (including phenoxy) is 1. The number of aromatic nitrogens is 4. The zero-order valence-electron chi connectivity index (χ0n) is 17.6. The minimum atomic E-state index is -4.65. The Balaban J connectivity index is 1.60. The molecule has 0 radical (unpaired) electrons. The molecule has 172 valence electrons. The maximum absolute atomic E-state index is 13.5. The Morgan fingerprint density at radius 1 is 1.00 bits per heavy atom. The number of carbonyl (C=O) groups is 1. The number of alkyl halides is 3. The van der Waals surface area contributed by atoms with Crippen LogP contribution in [0.15, 0.2) is 77.9 Å². The van der Waals surface area contributed by atoms with Crippen molar-refractivity contribution in [1.82, 2.24) is 19.7 Å². The summed E-state index contributed by atoms with van der Waals surface area (Å²) >= 11 is 0. The Morgan fingerprint density at radius 3 is 2.35 bits per heavy atom. The van der Waals surface area contributed by atoms with Crippen LogP contribution in [-0.4, -0.2) is 25.7 Å². The van der Waals surface area contributed by atoms with E-state index in [9.17, 15) is 22.8 Å². The fourth-order valence-electron chi connectivity index (χ4n) is 3.09. The Morgan fingerprint density at radius 2 is 1.68 bits per heavy atom. The standard InChI is InChI=1S/C23H16F3N5O3/c1-14-13-19(32)20(30-31(14)18-6-3-2-5-17(18)23(24,25)26)21(33)29-15-7-9-16(10-8-15)34-22-27-11-4-12-28-22/h2-13H,1H3,(H,29,33). The van der Waals surface area contributed by atoms with Crippen molar-refractivity contribution >= 4 is 11.6 Å². The van der Waals surface area contributed by atoms with Crippen molar-refractivity contribution < 1.29 is 22.7 Å². The number of aryl methyl sites for hydroxylation is 1. The van der Waals surface area contributed by atoms with E-state index in [-0.39, 0.29) is 17.4 Å². The molecule has 0 aliphatic rings. The van der Waals surface area contributed by atoms with Gasteiger partial charge in [-0.15, -0.1) is 0 Å². The summed E-state index contributed by atoms with van der Waals surface area (Å²) in [6.45, 7) is 1.43. The number of carbonyl (C=O) groups excluding carboxylic acids is 1. The number of nitrogens with zero attached hydrogens (tertiary/aromatic N) is 4. The van der Waals surface area contributed by atoms with Crippen LogP contribution in [0.4, 0.5) is 18.9 Å². The van der Waals surface area contributed by atoms with Gasteiger partial charge in [0, 0.05) is 29.8 Å². The van der Waals surface area contributed by atoms with Crippen LogP contribution in [0.3, 0.4) is 0 Å². The predicted octanol–water partition coefficient (Wildman–Crippen LogP) is 4.39. The van der Waals surface area contributed by atoms with Crippen LogP contribution < -0.4 is 15.5 Å². The molecule has 4 rings (SSSR count). The molecule has 2 aromatic carbocycles. The van der Waals surface area contributed by atoms with E-state index in [1.54, 1.807) is 18.2 Å². The quantitative estimate of drug-likeness (QED) is 0.467. The second-order valence-electron chi connectivity index (χ2n) is 7.04. The number of amides is 1. The minimum absolute atomic E-state index is 0.142. The van der Waals surface area contributed by atoms with Gasteiger partial charge in [-0.2, -0.15) is 18.3 Å². The molecular weight excluding hydrogens is 451 g/mol. The van der Waals surface area contributed by atoms with E-state index in [2.05, 4.69) is 20.4 Å². The molecule has 2 aromatic heterocycles. The molecule has 0 spiro atoms. The minimum Gasteiger partial charge on any atom is -0.424 e. The number of hydrogen-bond donors (Lipinski definition) is 1. The molecule has 4 aromatic rings. The van der Waals surface area contributed by atoms with Crippen molar-refractivity contribution in [2.45, 2.75) is 13.1 Å². The van der Waals surface area contributed by atoms with Crippen molar-refractivity contribution in [1.29, 1.82) is 0 Å². The second-order valence-corrected chi connectivity index (χ2v) is 7.04. The summed E-state index contributed by atoms with van der Waals surface area (Å²) in [7, 11) is 0. The number of rotatable bonds is 5. The number of benzene rings is 2. The normalized spacial score (nSPS) is 11.2. The summed E-state index contributed by atoms with van der Waals surface area (Å²) in [5.74, 6) is -0.466. The molecule has 0 saturated carbocycles. The van der Waals surface area contributed by atoms with Crippen LogP contribution in [-0.2, 0) is 6.18 Å². The first-order valence-corrected chi connectivity index (χ1v) is 9.86. The monoisotopic (exact) mass is 467 g/mol. The van der Waals surface area contributed by atoms with E-state index in [4.69, 9.17) is 4.74 Å². The average Bonchev–Trinajstić information content (AvgIpc) is 2.80. The Hall–Kier alpha value is -4.54. The van der Waals surface area contributed by atoms with Crippen LogP contribution in [0.25, 0.3) is 5.69 Å². The zero-order valence-corrected chi connectivity index (χ0v) is 17.6. The number of hydrogen-bond acceptors (Lipinski definition) is 6. The van der Waals surface area contributed by atoms with Gasteiger partial charge >= 0.3 is 12.2 Å². The van der Waals surface area contributed by atoms with E-state index in [1.807, 2.05) is 0 Å². The highest BCUT2D eigenvalue weighted by molar-refractivity contribution is 6.02. The molecule has 0 unspecified atom stereocenters. The van der Waals surface area contributed by atoms with Crippen molar-refractivity contribution in [3.8, 4) is 17.4 Å². The van der Waals surface area contributed by atoms with E-state index in [1.165, 1.54) is 49.6 Å². The van der Waals surface area contributed by atoms with E-state index in [0.717, 1.165) is 16.8 Å². The largest absolute Gasteiger partial charge is 0.424 e. The summed E-state index contributed by atoms with van der Waals surface area (Å²) in [6.07, 6.45) is -1.61. The van der Waals surface area contributed by atoms with Crippen LogP contribution in [0.1, 0.15) is 21.7 Å². The number of anilines is 1. The molecule has 0 bridgehead atoms. The van der Waals surface area contributed by atoms with Gasteiger partial charge in [0.05, 0.1) is 11.3 Å². The molecule has 8 nitrogen and oxygen atoms in total. The number of nitrogens with one attached hydrogen (secondary N) is 1. The topological polar surface area (TPSA) is 99.0 Å². The molecule has 34 heavy (non-hydrogen) atoms. The van der Waals surface area contributed by atoms with Gasteiger partial charge in [0.2, 0.25) is 5.43 Å². The molecule has 0 fully saturated rings. The van der Waals surface area contributed by atoms with Gasteiger partial charge in [-0.1, -0.05) is 12.1 Å². The van der Waals surface area contributed by atoms with Crippen molar-refractivity contribution in [3.63, 3.8) is 0 Å². The predicted molar refractivity (Wildman–Crippen MR) is 116 cm³/mol. The SMILES string of the molecule is Cc1cc(=O)c(C(=O)Nc2ccc(Oc3ncccn3)cc2)nn1-c1ccccc1C(F)(F)F. The molecule has 0 aliphatic heterocycles. The molecule has 0 saturated heterocycles. The van der Waals surface area contributed by atoms with Gasteiger partial charge in [0.15, 0.2) is 5.69 Å². The Kier molecular flexibility index (Phi) is 6.09. The van der Waals surface area contributed by atoms with E-state index < -0.39 is 28.8 Å². The molecule has 11 heteroatoms. The van der Waals surface area contributed by atoms with Crippen LogP contribution in [0, 0.1) is 6.92 Å². The number of para-hydroxylation sites is 1.